The first-order chi connectivity index (χ1) is 16.4. The molecule has 0 spiro atoms. The number of amides is 2. The number of nitrogens with one attached hydrogen (secondary N) is 1. The van der Waals surface area contributed by atoms with Crippen molar-refractivity contribution in [2.75, 3.05) is 4.90 Å². The van der Waals surface area contributed by atoms with Gasteiger partial charge in [-0.3, -0.25) is 4.90 Å². The second kappa shape index (κ2) is 8.74. The summed E-state index contributed by atoms with van der Waals surface area (Å²) in [6, 6.07) is 11.6. The van der Waals surface area contributed by atoms with Crippen LogP contribution in [0.2, 0.25) is 0 Å². The zero-order valence-corrected chi connectivity index (χ0v) is 17.4. The van der Waals surface area contributed by atoms with E-state index in [1.807, 2.05) is 0 Å². The molecule has 1 heterocycles. The predicted molar refractivity (Wildman–Crippen MR) is 113 cm³/mol. The van der Waals surface area contributed by atoms with Crippen LogP contribution >= 0.6 is 0 Å². The molecular weight excluding hydrogens is 478 g/mol. The lowest BCUT2D eigenvalue weighted by atomic mass is 9.99. The second-order valence-corrected chi connectivity index (χ2v) is 7.26. The topological polar surface area (TPSA) is 101 Å². The Hall–Kier alpha value is -4.42. The van der Waals surface area contributed by atoms with Crippen LogP contribution in [0.5, 0.6) is 0 Å². The van der Waals surface area contributed by atoms with Gasteiger partial charge in [0.2, 0.25) is 5.82 Å². The fourth-order valence-electron chi connectivity index (χ4n) is 3.42. The number of urea groups is 1. The summed E-state index contributed by atoms with van der Waals surface area (Å²) >= 11 is 0. The maximum atomic E-state index is 13.2. The largest absolute Gasteiger partial charge is 0.416 e. The van der Waals surface area contributed by atoms with E-state index in [-0.39, 0.29) is 22.8 Å². The van der Waals surface area contributed by atoms with Crippen molar-refractivity contribution in [2.45, 2.75) is 12.4 Å². The molecule has 0 fully saturated rings. The first kappa shape index (κ1) is 23.7. The molecule has 4 rings (SSSR count). The van der Waals surface area contributed by atoms with Gasteiger partial charge < -0.3 is 5.73 Å². The number of alkyl halides is 6. The third-order valence-corrected chi connectivity index (χ3v) is 5.02. The lowest BCUT2D eigenvalue weighted by molar-refractivity contribution is -0.138. The van der Waals surface area contributed by atoms with Crippen LogP contribution in [0, 0.1) is 0 Å². The number of hydrogen-bond donors (Lipinski definition) is 2. The number of nitrogens with two attached hydrogens (primary N) is 1. The van der Waals surface area contributed by atoms with Crippen LogP contribution in [-0.2, 0) is 12.4 Å². The van der Waals surface area contributed by atoms with Crippen LogP contribution in [-0.4, -0.2) is 26.7 Å². The van der Waals surface area contributed by atoms with Crippen LogP contribution < -0.4 is 10.6 Å². The van der Waals surface area contributed by atoms with E-state index in [9.17, 15) is 31.1 Å². The first-order valence-electron chi connectivity index (χ1n) is 9.77. The Kier molecular flexibility index (Phi) is 5.92. The van der Waals surface area contributed by atoms with Crippen molar-refractivity contribution in [3.63, 3.8) is 0 Å². The molecule has 35 heavy (non-hydrogen) atoms. The van der Waals surface area contributed by atoms with Gasteiger partial charge in [0.25, 0.3) is 0 Å². The van der Waals surface area contributed by atoms with Gasteiger partial charge in [-0.25, -0.2) is 4.79 Å². The predicted octanol–water partition coefficient (Wildman–Crippen LogP) is 5.79. The number of halogens is 6. The number of carbonyl (C=O) groups excluding carboxylic acids is 1. The number of benzene rings is 3. The van der Waals surface area contributed by atoms with Crippen LogP contribution in [0.1, 0.15) is 11.1 Å². The van der Waals surface area contributed by atoms with Gasteiger partial charge in [0.1, 0.15) is 0 Å². The minimum atomic E-state index is -4.66. The highest BCUT2D eigenvalue weighted by Gasteiger charge is 2.32. The number of hydrogen-bond acceptors (Lipinski definition) is 4. The molecule has 3 aromatic carbocycles. The summed E-state index contributed by atoms with van der Waals surface area (Å²) in [6.07, 6.45) is -9.17. The van der Waals surface area contributed by atoms with Crippen molar-refractivity contribution >= 4 is 17.4 Å². The fourth-order valence-corrected chi connectivity index (χ4v) is 3.42. The van der Waals surface area contributed by atoms with Crippen molar-refractivity contribution < 1.29 is 31.1 Å². The smallest absolute Gasteiger partial charge is 0.351 e. The van der Waals surface area contributed by atoms with Gasteiger partial charge in [-0.2, -0.15) is 31.6 Å². The number of rotatable bonds is 4. The number of anilines is 2. The molecule has 180 valence electrons. The number of aromatic nitrogens is 4. The third kappa shape index (κ3) is 4.93. The minimum absolute atomic E-state index is 0.0213. The molecule has 0 unspecified atom stereocenters. The van der Waals surface area contributed by atoms with Crippen LogP contribution in [0.15, 0.2) is 66.7 Å². The number of aromatic amines is 1. The molecule has 0 aliphatic heterocycles. The van der Waals surface area contributed by atoms with Crippen molar-refractivity contribution in [2.24, 2.45) is 5.73 Å². The highest BCUT2D eigenvalue weighted by molar-refractivity contribution is 6.02. The van der Waals surface area contributed by atoms with Crippen LogP contribution in [0.3, 0.4) is 0 Å². The Labute approximate surface area is 193 Å². The first-order valence-corrected chi connectivity index (χ1v) is 9.77. The molecule has 7 nitrogen and oxygen atoms in total. The van der Waals surface area contributed by atoms with E-state index < -0.39 is 29.5 Å². The molecule has 0 radical (unpaired) electrons. The number of tetrazole rings is 1. The van der Waals surface area contributed by atoms with Crippen molar-refractivity contribution in [3.8, 4) is 22.5 Å². The molecule has 0 atom stereocenters. The van der Waals surface area contributed by atoms with Gasteiger partial charge in [-0.15, -0.1) is 10.2 Å². The average Bonchev–Trinajstić information content (AvgIpc) is 3.33. The average molecular weight is 492 g/mol. The Morgan fingerprint density at radius 1 is 0.829 bits per heavy atom. The van der Waals surface area contributed by atoms with Crippen molar-refractivity contribution in [1.29, 1.82) is 0 Å². The van der Waals surface area contributed by atoms with Gasteiger partial charge in [-0.1, -0.05) is 24.3 Å². The van der Waals surface area contributed by atoms with Gasteiger partial charge in [0, 0.05) is 5.56 Å². The second-order valence-electron chi connectivity index (χ2n) is 7.26. The summed E-state index contributed by atoms with van der Waals surface area (Å²) in [7, 11) is 0. The highest BCUT2D eigenvalue weighted by Crippen LogP contribution is 2.39. The molecule has 0 aliphatic carbocycles. The summed E-state index contributed by atoms with van der Waals surface area (Å²) in [5.41, 5.74) is 4.54. The summed E-state index contributed by atoms with van der Waals surface area (Å²) in [4.78, 5) is 13.2. The number of nitrogens with zero attached hydrogens (tertiary/aromatic N) is 4. The quantitative estimate of drug-likeness (QED) is 0.352. The standard InChI is InChI=1S/C22H14F6N6O/c23-21(24,25)14-7-4-12(5-8-14)13-6-9-18(17(10-13)19-30-32-33-31-19)34(20(29)35)16-3-1-2-15(11-16)22(26,27)28/h1-11H,(H2,29,35)(H,30,31,32,33). The Balaban J connectivity index is 1.85. The number of H-pyrrole nitrogens is 1. The molecule has 0 saturated heterocycles. The van der Waals surface area contributed by atoms with E-state index in [0.29, 0.717) is 11.1 Å². The van der Waals surface area contributed by atoms with Gasteiger partial charge in [0.15, 0.2) is 0 Å². The van der Waals surface area contributed by atoms with Crippen LogP contribution in [0.25, 0.3) is 22.5 Å². The van der Waals surface area contributed by atoms with Gasteiger partial charge >= 0.3 is 18.4 Å². The van der Waals surface area contributed by atoms with Crippen molar-refractivity contribution in [1.82, 2.24) is 20.6 Å². The molecule has 0 saturated carbocycles. The summed E-state index contributed by atoms with van der Waals surface area (Å²) < 4.78 is 78.4. The zero-order chi connectivity index (χ0) is 25.4. The Morgan fingerprint density at radius 2 is 1.49 bits per heavy atom. The molecule has 0 aliphatic rings. The summed E-state index contributed by atoms with van der Waals surface area (Å²) in [5.74, 6) is -0.0213. The van der Waals surface area contributed by atoms with Crippen LogP contribution in [0.4, 0.5) is 42.5 Å². The Bertz CT molecular complexity index is 1350. The normalized spacial score (nSPS) is 11.9. The van der Waals surface area contributed by atoms with E-state index in [0.717, 1.165) is 35.2 Å². The number of carbonyl (C=O) groups is 1. The fraction of sp³-hybridized carbons (Fsp3) is 0.0909. The highest BCUT2D eigenvalue weighted by atomic mass is 19.4. The summed E-state index contributed by atoms with van der Waals surface area (Å²) in [6.45, 7) is 0. The van der Waals surface area contributed by atoms with E-state index in [2.05, 4.69) is 20.6 Å². The zero-order valence-electron chi connectivity index (χ0n) is 17.4. The lowest BCUT2D eigenvalue weighted by Gasteiger charge is -2.24. The maximum Gasteiger partial charge on any atom is 0.416 e. The monoisotopic (exact) mass is 492 g/mol. The Morgan fingerprint density at radius 3 is 2.06 bits per heavy atom. The number of primary amides is 1. The molecule has 4 aromatic rings. The van der Waals surface area contributed by atoms with E-state index >= 15 is 0 Å². The lowest BCUT2D eigenvalue weighted by Crippen LogP contribution is -2.32. The third-order valence-electron chi connectivity index (χ3n) is 5.02. The minimum Gasteiger partial charge on any atom is -0.351 e. The molecule has 0 bridgehead atoms. The summed E-state index contributed by atoms with van der Waals surface area (Å²) in [5, 5.41) is 13.4. The van der Waals surface area contributed by atoms with Gasteiger partial charge in [-0.05, 0) is 58.8 Å². The molecule has 3 N–H and O–H groups in total. The molecule has 1 aromatic heterocycles. The van der Waals surface area contributed by atoms with E-state index in [1.54, 1.807) is 0 Å². The van der Waals surface area contributed by atoms with E-state index in [4.69, 9.17) is 5.73 Å². The maximum absolute atomic E-state index is 13.2. The van der Waals surface area contributed by atoms with Gasteiger partial charge in [0.05, 0.1) is 22.5 Å². The molecule has 13 heteroatoms. The van der Waals surface area contributed by atoms with E-state index in [1.165, 1.54) is 36.4 Å². The molecular formula is C22H14F6N6O. The molecule has 2 amide bonds. The SMILES string of the molecule is NC(=O)N(c1cccc(C(F)(F)F)c1)c1ccc(-c2ccc(C(F)(F)F)cc2)cc1-c1nn[nH]n1. The van der Waals surface area contributed by atoms with Crippen molar-refractivity contribution in [3.05, 3.63) is 77.9 Å².